The Bertz CT molecular complexity index is 338. The molecule has 3 N–H and O–H groups in total. The zero-order valence-corrected chi connectivity index (χ0v) is 9.67. The van der Waals surface area contributed by atoms with Gasteiger partial charge >= 0.3 is 5.97 Å². The van der Waals surface area contributed by atoms with Crippen LogP contribution < -0.4 is 5.32 Å². The second kappa shape index (κ2) is 5.36. The maximum absolute atomic E-state index is 11.0. The lowest BCUT2D eigenvalue weighted by Gasteiger charge is -2.12. The van der Waals surface area contributed by atoms with E-state index in [-0.39, 0.29) is 0 Å². The zero-order chi connectivity index (χ0) is 11.4. The van der Waals surface area contributed by atoms with Crippen LogP contribution in [0.2, 0.25) is 0 Å². The SMILES string of the molecule is O=C(O)C(CCSc1ncc[nH]1)NC1CC1. The minimum atomic E-state index is -0.757. The fourth-order valence-corrected chi connectivity index (χ4v) is 2.25. The Morgan fingerprint density at radius 3 is 3.12 bits per heavy atom. The predicted molar refractivity (Wildman–Crippen MR) is 61.5 cm³/mol. The van der Waals surface area contributed by atoms with E-state index in [2.05, 4.69) is 15.3 Å². The lowest BCUT2D eigenvalue weighted by molar-refractivity contribution is -0.139. The van der Waals surface area contributed by atoms with Crippen molar-refractivity contribution >= 4 is 17.7 Å². The molecule has 0 aliphatic heterocycles. The van der Waals surface area contributed by atoms with Gasteiger partial charge in [-0.1, -0.05) is 11.8 Å². The maximum Gasteiger partial charge on any atom is 0.320 e. The second-order valence-electron chi connectivity index (χ2n) is 3.86. The topological polar surface area (TPSA) is 78.0 Å². The lowest BCUT2D eigenvalue weighted by Crippen LogP contribution is -2.38. The molecule has 0 spiro atoms. The third kappa shape index (κ3) is 3.53. The summed E-state index contributed by atoms with van der Waals surface area (Å²) in [7, 11) is 0. The van der Waals surface area contributed by atoms with E-state index in [1.165, 1.54) is 0 Å². The number of nitrogens with zero attached hydrogens (tertiary/aromatic N) is 1. The Kier molecular flexibility index (Phi) is 3.84. The van der Waals surface area contributed by atoms with Crippen LogP contribution in [0.3, 0.4) is 0 Å². The largest absolute Gasteiger partial charge is 0.480 e. The highest BCUT2D eigenvalue weighted by atomic mass is 32.2. The molecule has 1 atom stereocenters. The number of aromatic nitrogens is 2. The quantitative estimate of drug-likeness (QED) is 0.623. The van der Waals surface area contributed by atoms with Crippen molar-refractivity contribution in [3.63, 3.8) is 0 Å². The Hall–Kier alpha value is -1.01. The van der Waals surface area contributed by atoms with E-state index in [4.69, 9.17) is 5.11 Å². The van der Waals surface area contributed by atoms with Crippen LogP contribution in [-0.4, -0.2) is 38.9 Å². The van der Waals surface area contributed by atoms with Crippen molar-refractivity contribution in [1.82, 2.24) is 15.3 Å². The molecule has 0 radical (unpaired) electrons. The third-order valence-corrected chi connectivity index (χ3v) is 3.37. The average molecular weight is 241 g/mol. The van der Waals surface area contributed by atoms with Gasteiger partial charge in [0.15, 0.2) is 5.16 Å². The number of hydrogen-bond donors (Lipinski definition) is 3. The molecule has 1 unspecified atom stereocenters. The van der Waals surface area contributed by atoms with Crippen LogP contribution in [0.15, 0.2) is 17.6 Å². The molecule has 6 heteroatoms. The maximum atomic E-state index is 11.0. The smallest absolute Gasteiger partial charge is 0.320 e. The summed E-state index contributed by atoms with van der Waals surface area (Å²) >= 11 is 1.55. The van der Waals surface area contributed by atoms with E-state index < -0.39 is 12.0 Å². The Labute approximate surface area is 98.0 Å². The standard InChI is InChI=1S/C10H15N3O2S/c14-9(15)8(13-7-1-2-7)3-6-16-10-11-4-5-12-10/h4-5,7-8,13H,1-3,6H2,(H,11,12)(H,14,15). The van der Waals surface area contributed by atoms with Gasteiger partial charge < -0.3 is 15.4 Å². The number of carboxylic acids is 1. The molecule has 1 aromatic heterocycles. The normalized spacial score (nSPS) is 17.2. The van der Waals surface area contributed by atoms with Gasteiger partial charge in [0.25, 0.3) is 0 Å². The van der Waals surface area contributed by atoms with Crippen molar-refractivity contribution < 1.29 is 9.90 Å². The third-order valence-electron chi connectivity index (χ3n) is 2.43. The summed E-state index contributed by atoms with van der Waals surface area (Å²) in [4.78, 5) is 18.0. The zero-order valence-electron chi connectivity index (χ0n) is 8.85. The molecule has 0 aromatic carbocycles. The summed E-state index contributed by atoms with van der Waals surface area (Å²) in [6.45, 7) is 0. The summed E-state index contributed by atoms with van der Waals surface area (Å²) in [5, 5.41) is 13.0. The molecule has 0 saturated heterocycles. The highest BCUT2D eigenvalue weighted by Crippen LogP contribution is 2.21. The van der Waals surface area contributed by atoms with Crippen LogP contribution in [0, 0.1) is 0 Å². The molecular formula is C10H15N3O2S. The predicted octanol–water partition coefficient (Wildman–Crippen LogP) is 1.10. The minimum Gasteiger partial charge on any atom is -0.480 e. The van der Waals surface area contributed by atoms with Gasteiger partial charge in [-0.25, -0.2) is 4.98 Å². The fraction of sp³-hybridized carbons (Fsp3) is 0.600. The number of nitrogens with one attached hydrogen (secondary N) is 2. The van der Waals surface area contributed by atoms with Crippen molar-refractivity contribution in [2.24, 2.45) is 0 Å². The fourth-order valence-electron chi connectivity index (χ4n) is 1.42. The summed E-state index contributed by atoms with van der Waals surface area (Å²) in [6, 6.07) is 0.00433. The van der Waals surface area contributed by atoms with E-state index in [9.17, 15) is 4.79 Å². The molecule has 88 valence electrons. The van der Waals surface area contributed by atoms with Gasteiger partial charge in [0.1, 0.15) is 6.04 Å². The van der Waals surface area contributed by atoms with E-state index in [0.29, 0.717) is 12.5 Å². The molecule has 1 fully saturated rings. The first-order valence-corrected chi connectivity index (χ1v) is 6.35. The number of hydrogen-bond acceptors (Lipinski definition) is 4. The van der Waals surface area contributed by atoms with Gasteiger partial charge in [0.2, 0.25) is 0 Å². The van der Waals surface area contributed by atoms with Crippen molar-refractivity contribution in [1.29, 1.82) is 0 Å². The summed E-state index contributed by atoms with van der Waals surface area (Å²) in [6.07, 6.45) is 6.29. The molecule has 1 saturated carbocycles. The number of carbonyl (C=O) groups is 1. The van der Waals surface area contributed by atoms with Gasteiger partial charge in [-0.15, -0.1) is 0 Å². The van der Waals surface area contributed by atoms with Crippen LogP contribution in [0.4, 0.5) is 0 Å². The second-order valence-corrected chi connectivity index (χ2v) is 4.95. The molecule has 5 nitrogen and oxygen atoms in total. The molecule has 1 aliphatic rings. The van der Waals surface area contributed by atoms with Crippen molar-refractivity contribution in [3.05, 3.63) is 12.4 Å². The number of aliphatic carboxylic acids is 1. The Balaban J connectivity index is 1.70. The van der Waals surface area contributed by atoms with Gasteiger partial charge in [-0.2, -0.15) is 0 Å². The molecular weight excluding hydrogens is 226 g/mol. The molecule has 2 rings (SSSR count). The van der Waals surface area contributed by atoms with Crippen LogP contribution in [0.5, 0.6) is 0 Å². The number of carboxylic acid groups (broad SMARTS) is 1. The van der Waals surface area contributed by atoms with Crippen molar-refractivity contribution in [3.8, 4) is 0 Å². The van der Waals surface area contributed by atoms with Crippen LogP contribution in [0.25, 0.3) is 0 Å². The van der Waals surface area contributed by atoms with Crippen molar-refractivity contribution in [2.45, 2.75) is 36.5 Å². The number of H-pyrrole nitrogens is 1. The van der Waals surface area contributed by atoms with E-state index in [0.717, 1.165) is 23.8 Å². The van der Waals surface area contributed by atoms with Crippen LogP contribution in [-0.2, 0) is 4.79 Å². The molecule has 1 aliphatic carbocycles. The van der Waals surface area contributed by atoms with E-state index in [1.807, 2.05) is 0 Å². The summed E-state index contributed by atoms with van der Waals surface area (Å²) in [5.41, 5.74) is 0. The van der Waals surface area contributed by atoms with E-state index >= 15 is 0 Å². The number of aromatic amines is 1. The molecule has 0 bridgehead atoms. The number of thioether (sulfide) groups is 1. The molecule has 16 heavy (non-hydrogen) atoms. The number of rotatable bonds is 7. The van der Waals surface area contributed by atoms with E-state index in [1.54, 1.807) is 24.2 Å². The minimum absolute atomic E-state index is 0.421. The van der Waals surface area contributed by atoms with Gasteiger partial charge in [0.05, 0.1) is 0 Å². The van der Waals surface area contributed by atoms with Crippen LogP contribution >= 0.6 is 11.8 Å². The van der Waals surface area contributed by atoms with Crippen molar-refractivity contribution in [2.75, 3.05) is 5.75 Å². The first-order valence-electron chi connectivity index (χ1n) is 5.37. The highest BCUT2D eigenvalue weighted by Gasteiger charge is 2.27. The molecule has 0 amide bonds. The first kappa shape index (κ1) is 11.5. The monoisotopic (exact) mass is 241 g/mol. The number of imidazole rings is 1. The summed E-state index contributed by atoms with van der Waals surface area (Å²) < 4.78 is 0. The van der Waals surface area contributed by atoms with Gasteiger partial charge in [-0.3, -0.25) is 4.79 Å². The molecule has 1 heterocycles. The lowest BCUT2D eigenvalue weighted by atomic mass is 10.2. The Morgan fingerprint density at radius 1 is 1.75 bits per heavy atom. The Morgan fingerprint density at radius 2 is 2.56 bits per heavy atom. The molecule has 1 aromatic rings. The van der Waals surface area contributed by atoms with Gasteiger partial charge in [0, 0.05) is 24.2 Å². The first-order chi connectivity index (χ1) is 7.75. The summed E-state index contributed by atoms with van der Waals surface area (Å²) in [5.74, 6) is -0.00329. The highest BCUT2D eigenvalue weighted by molar-refractivity contribution is 7.99. The average Bonchev–Trinajstić information content (AvgIpc) is 2.91. The van der Waals surface area contributed by atoms with Gasteiger partial charge in [-0.05, 0) is 19.3 Å². The van der Waals surface area contributed by atoms with Crippen LogP contribution in [0.1, 0.15) is 19.3 Å².